The lowest BCUT2D eigenvalue weighted by Gasteiger charge is -2.14. The van der Waals surface area contributed by atoms with Crippen molar-refractivity contribution in [1.82, 2.24) is 15.3 Å². The SMILES string of the molecule is CNC(Cc1cccc(O)c1)c1ncccn1. The Bertz CT molecular complexity index is 473. The first-order valence-corrected chi connectivity index (χ1v) is 5.51. The standard InChI is InChI=1S/C13H15N3O/c1-14-12(13-15-6-3-7-16-13)9-10-4-2-5-11(17)8-10/h2-8,12,14,17H,9H2,1H3. The Morgan fingerprint density at radius 3 is 2.65 bits per heavy atom. The molecule has 0 saturated carbocycles. The highest BCUT2D eigenvalue weighted by molar-refractivity contribution is 5.28. The van der Waals surface area contributed by atoms with Gasteiger partial charge in [0, 0.05) is 12.4 Å². The maximum atomic E-state index is 9.42. The maximum absolute atomic E-state index is 9.42. The summed E-state index contributed by atoms with van der Waals surface area (Å²) < 4.78 is 0. The minimum absolute atomic E-state index is 0.0537. The van der Waals surface area contributed by atoms with Gasteiger partial charge in [-0.15, -0.1) is 0 Å². The summed E-state index contributed by atoms with van der Waals surface area (Å²) in [6.07, 6.45) is 4.21. The largest absolute Gasteiger partial charge is 0.508 e. The molecule has 0 fully saturated rings. The van der Waals surface area contributed by atoms with Crippen molar-refractivity contribution < 1.29 is 5.11 Å². The van der Waals surface area contributed by atoms with E-state index in [0.29, 0.717) is 0 Å². The number of phenols is 1. The lowest BCUT2D eigenvalue weighted by molar-refractivity contribution is 0.473. The molecule has 1 aromatic heterocycles. The van der Waals surface area contributed by atoms with Crippen LogP contribution in [0, 0.1) is 0 Å². The van der Waals surface area contributed by atoms with Crippen molar-refractivity contribution in [2.75, 3.05) is 7.05 Å². The average molecular weight is 229 g/mol. The van der Waals surface area contributed by atoms with E-state index >= 15 is 0 Å². The van der Waals surface area contributed by atoms with Crippen LogP contribution in [0.25, 0.3) is 0 Å². The summed E-state index contributed by atoms with van der Waals surface area (Å²) in [6.45, 7) is 0. The second-order valence-electron chi connectivity index (χ2n) is 3.82. The molecule has 1 atom stereocenters. The molecule has 0 spiro atoms. The number of benzene rings is 1. The molecule has 0 radical (unpaired) electrons. The quantitative estimate of drug-likeness (QED) is 0.837. The minimum atomic E-state index is 0.0537. The molecule has 2 aromatic rings. The van der Waals surface area contributed by atoms with E-state index in [1.807, 2.05) is 19.2 Å². The average Bonchev–Trinajstić information content (AvgIpc) is 2.37. The lowest BCUT2D eigenvalue weighted by Crippen LogP contribution is -2.21. The van der Waals surface area contributed by atoms with Crippen molar-refractivity contribution in [3.63, 3.8) is 0 Å². The lowest BCUT2D eigenvalue weighted by atomic mass is 10.1. The summed E-state index contributed by atoms with van der Waals surface area (Å²) >= 11 is 0. The van der Waals surface area contributed by atoms with Gasteiger partial charge in [-0.05, 0) is 37.2 Å². The Morgan fingerprint density at radius 2 is 2.00 bits per heavy atom. The predicted molar refractivity (Wildman–Crippen MR) is 65.6 cm³/mol. The van der Waals surface area contributed by atoms with Gasteiger partial charge < -0.3 is 10.4 Å². The normalized spacial score (nSPS) is 12.3. The molecular weight excluding hydrogens is 214 g/mol. The van der Waals surface area contributed by atoms with Gasteiger partial charge in [-0.1, -0.05) is 12.1 Å². The zero-order chi connectivity index (χ0) is 12.1. The third-order valence-electron chi connectivity index (χ3n) is 2.60. The zero-order valence-electron chi connectivity index (χ0n) is 9.67. The molecule has 1 aromatic carbocycles. The van der Waals surface area contributed by atoms with Crippen LogP contribution < -0.4 is 5.32 Å². The molecule has 2 rings (SSSR count). The molecule has 88 valence electrons. The Hall–Kier alpha value is -1.94. The molecular formula is C13H15N3O. The van der Waals surface area contributed by atoms with Crippen molar-refractivity contribution in [1.29, 1.82) is 0 Å². The first-order valence-electron chi connectivity index (χ1n) is 5.51. The first-order chi connectivity index (χ1) is 8.29. The molecule has 4 nitrogen and oxygen atoms in total. The highest BCUT2D eigenvalue weighted by atomic mass is 16.3. The number of likely N-dealkylation sites (N-methyl/N-ethyl adjacent to an activating group) is 1. The molecule has 0 aliphatic heterocycles. The van der Waals surface area contributed by atoms with Crippen LogP contribution in [0.4, 0.5) is 0 Å². The molecule has 4 heteroatoms. The second kappa shape index (κ2) is 5.41. The smallest absolute Gasteiger partial charge is 0.145 e. The second-order valence-corrected chi connectivity index (χ2v) is 3.82. The molecule has 1 heterocycles. The van der Waals surface area contributed by atoms with Crippen molar-refractivity contribution in [3.8, 4) is 5.75 Å². The van der Waals surface area contributed by atoms with E-state index in [9.17, 15) is 5.11 Å². The number of aromatic nitrogens is 2. The van der Waals surface area contributed by atoms with Gasteiger partial charge in [-0.2, -0.15) is 0 Å². The van der Waals surface area contributed by atoms with Gasteiger partial charge in [0.15, 0.2) is 0 Å². The Kier molecular flexibility index (Phi) is 3.67. The molecule has 1 unspecified atom stereocenters. The Morgan fingerprint density at radius 1 is 1.24 bits per heavy atom. The fourth-order valence-corrected chi connectivity index (χ4v) is 1.73. The number of nitrogens with zero attached hydrogens (tertiary/aromatic N) is 2. The number of rotatable bonds is 4. The zero-order valence-corrected chi connectivity index (χ0v) is 9.67. The summed E-state index contributed by atoms with van der Waals surface area (Å²) in [7, 11) is 1.88. The third kappa shape index (κ3) is 3.01. The number of nitrogens with one attached hydrogen (secondary N) is 1. The molecule has 0 aliphatic carbocycles. The molecule has 0 bridgehead atoms. The molecule has 2 N–H and O–H groups in total. The van der Waals surface area contributed by atoms with Gasteiger partial charge >= 0.3 is 0 Å². The van der Waals surface area contributed by atoms with Crippen LogP contribution in [0.15, 0.2) is 42.7 Å². The molecule has 17 heavy (non-hydrogen) atoms. The minimum Gasteiger partial charge on any atom is -0.508 e. The van der Waals surface area contributed by atoms with E-state index in [-0.39, 0.29) is 11.8 Å². The number of aromatic hydroxyl groups is 1. The van der Waals surface area contributed by atoms with Gasteiger partial charge in [0.2, 0.25) is 0 Å². The monoisotopic (exact) mass is 229 g/mol. The van der Waals surface area contributed by atoms with E-state index < -0.39 is 0 Å². The number of hydrogen-bond acceptors (Lipinski definition) is 4. The number of hydrogen-bond donors (Lipinski definition) is 2. The van der Waals surface area contributed by atoms with Gasteiger partial charge in [-0.3, -0.25) is 0 Å². The van der Waals surface area contributed by atoms with Gasteiger partial charge in [0.1, 0.15) is 11.6 Å². The van der Waals surface area contributed by atoms with Crippen molar-refractivity contribution in [2.45, 2.75) is 12.5 Å². The molecule has 0 saturated heterocycles. The van der Waals surface area contributed by atoms with Crippen LogP contribution in [0.2, 0.25) is 0 Å². The summed E-state index contributed by atoms with van der Waals surface area (Å²) in [5.74, 6) is 1.05. The van der Waals surface area contributed by atoms with Crippen LogP contribution in [-0.2, 0) is 6.42 Å². The summed E-state index contributed by atoms with van der Waals surface area (Å²) in [5, 5.41) is 12.6. The third-order valence-corrected chi connectivity index (χ3v) is 2.60. The highest BCUT2D eigenvalue weighted by Gasteiger charge is 2.12. The van der Waals surface area contributed by atoms with Crippen LogP contribution in [-0.4, -0.2) is 22.1 Å². The van der Waals surface area contributed by atoms with Gasteiger partial charge in [0.25, 0.3) is 0 Å². The Labute approximate surface area is 100 Å². The van der Waals surface area contributed by atoms with Crippen LogP contribution in [0.5, 0.6) is 5.75 Å². The fourth-order valence-electron chi connectivity index (χ4n) is 1.73. The van der Waals surface area contributed by atoms with E-state index in [4.69, 9.17) is 0 Å². The summed E-state index contributed by atoms with van der Waals surface area (Å²) in [5.41, 5.74) is 1.05. The van der Waals surface area contributed by atoms with E-state index in [1.165, 1.54) is 0 Å². The van der Waals surface area contributed by atoms with Gasteiger partial charge in [-0.25, -0.2) is 9.97 Å². The molecule has 0 aliphatic rings. The topological polar surface area (TPSA) is 58.0 Å². The highest BCUT2D eigenvalue weighted by Crippen LogP contribution is 2.17. The molecule has 0 amide bonds. The maximum Gasteiger partial charge on any atom is 0.145 e. The predicted octanol–water partition coefficient (Wildman–Crippen LogP) is 1.69. The van der Waals surface area contributed by atoms with Crippen LogP contribution in [0.3, 0.4) is 0 Å². The summed E-state index contributed by atoms with van der Waals surface area (Å²) in [4.78, 5) is 8.46. The Balaban J connectivity index is 2.16. The van der Waals surface area contributed by atoms with E-state index in [2.05, 4.69) is 15.3 Å². The van der Waals surface area contributed by atoms with Crippen LogP contribution >= 0.6 is 0 Å². The van der Waals surface area contributed by atoms with E-state index in [0.717, 1.165) is 17.8 Å². The first kappa shape index (κ1) is 11.5. The fraction of sp³-hybridized carbons (Fsp3) is 0.231. The van der Waals surface area contributed by atoms with Crippen molar-refractivity contribution >= 4 is 0 Å². The van der Waals surface area contributed by atoms with Crippen molar-refractivity contribution in [3.05, 3.63) is 54.1 Å². The van der Waals surface area contributed by atoms with Gasteiger partial charge in [0.05, 0.1) is 6.04 Å². The number of phenolic OH excluding ortho intramolecular Hbond substituents is 1. The van der Waals surface area contributed by atoms with Crippen molar-refractivity contribution in [2.24, 2.45) is 0 Å². The van der Waals surface area contributed by atoms with Crippen LogP contribution in [0.1, 0.15) is 17.4 Å². The summed E-state index contributed by atoms with van der Waals surface area (Å²) in [6, 6.07) is 9.09. The van der Waals surface area contributed by atoms with E-state index in [1.54, 1.807) is 30.6 Å².